The molecule has 0 aromatic heterocycles. The van der Waals surface area contributed by atoms with Crippen LogP contribution in [0.3, 0.4) is 0 Å². The van der Waals surface area contributed by atoms with E-state index in [-0.39, 0.29) is 5.91 Å². The van der Waals surface area contributed by atoms with Gasteiger partial charge in [-0.15, -0.1) is 0 Å². The lowest BCUT2D eigenvalue weighted by atomic mass is 10.1. The molecule has 1 heterocycles. The molecular formula is C14H18N2O. The second-order valence-electron chi connectivity index (χ2n) is 4.40. The fourth-order valence-electron chi connectivity index (χ4n) is 1.88. The van der Waals surface area contributed by atoms with Crippen molar-refractivity contribution in [3.05, 3.63) is 42.0 Å². The maximum absolute atomic E-state index is 11.3. The van der Waals surface area contributed by atoms with Gasteiger partial charge in [0.25, 0.3) is 5.91 Å². The number of carbonyl (C=O) groups excluding carboxylic acids is 1. The van der Waals surface area contributed by atoms with Crippen LogP contribution < -0.4 is 10.4 Å². The maximum Gasteiger partial charge on any atom is 0.267 e. The number of hydrazine groups is 1. The van der Waals surface area contributed by atoms with Crippen molar-refractivity contribution in [1.82, 2.24) is 5.43 Å². The van der Waals surface area contributed by atoms with Crippen molar-refractivity contribution in [2.75, 3.05) is 11.6 Å². The first-order valence-corrected chi connectivity index (χ1v) is 6.06. The van der Waals surface area contributed by atoms with E-state index in [0.717, 1.165) is 12.1 Å². The summed E-state index contributed by atoms with van der Waals surface area (Å²) in [5.41, 5.74) is 5.75. The number of unbranched alkanes of at least 4 members (excludes halogenated alkanes) is 1. The van der Waals surface area contributed by atoms with Crippen molar-refractivity contribution < 1.29 is 4.79 Å². The number of nitrogens with one attached hydrogen (secondary N) is 1. The van der Waals surface area contributed by atoms with E-state index in [2.05, 4.69) is 31.1 Å². The van der Waals surface area contributed by atoms with Gasteiger partial charge < -0.3 is 0 Å². The van der Waals surface area contributed by atoms with E-state index < -0.39 is 0 Å². The Hall–Kier alpha value is -1.77. The molecular weight excluding hydrogens is 212 g/mol. The molecule has 1 saturated heterocycles. The molecule has 90 valence electrons. The van der Waals surface area contributed by atoms with E-state index in [9.17, 15) is 4.79 Å². The predicted octanol–water partition coefficient (Wildman–Crippen LogP) is 2.44. The quantitative estimate of drug-likeness (QED) is 0.806. The van der Waals surface area contributed by atoms with E-state index in [4.69, 9.17) is 0 Å². The van der Waals surface area contributed by atoms with E-state index >= 15 is 0 Å². The maximum atomic E-state index is 11.3. The average molecular weight is 230 g/mol. The van der Waals surface area contributed by atoms with Crippen molar-refractivity contribution in [1.29, 1.82) is 0 Å². The second-order valence-corrected chi connectivity index (χ2v) is 4.40. The summed E-state index contributed by atoms with van der Waals surface area (Å²) in [6, 6.07) is 8.34. The molecule has 1 aliphatic heterocycles. The van der Waals surface area contributed by atoms with E-state index in [1.165, 1.54) is 18.4 Å². The smallest absolute Gasteiger partial charge is 0.267 e. The van der Waals surface area contributed by atoms with Crippen LogP contribution in [0.25, 0.3) is 0 Å². The third-order valence-electron chi connectivity index (χ3n) is 2.97. The number of hydrogen-bond donors (Lipinski definition) is 1. The Labute approximate surface area is 102 Å². The molecule has 0 saturated carbocycles. The number of amides is 1. The first-order chi connectivity index (χ1) is 8.20. The van der Waals surface area contributed by atoms with Gasteiger partial charge in [0.15, 0.2) is 0 Å². The van der Waals surface area contributed by atoms with Gasteiger partial charge in [-0.3, -0.25) is 15.2 Å². The minimum atomic E-state index is -0.0833. The van der Waals surface area contributed by atoms with Crippen LogP contribution in [0.5, 0.6) is 0 Å². The van der Waals surface area contributed by atoms with Crippen LogP contribution >= 0.6 is 0 Å². The van der Waals surface area contributed by atoms with Crippen LogP contribution in [0, 0.1) is 0 Å². The van der Waals surface area contributed by atoms with Gasteiger partial charge in [-0.05, 0) is 30.5 Å². The first kappa shape index (κ1) is 11.7. The number of hydrogen-bond acceptors (Lipinski definition) is 2. The van der Waals surface area contributed by atoms with Crippen LogP contribution in [0.2, 0.25) is 0 Å². The summed E-state index contributed by atoms with van der Waals surface area (Å²) in [5.74, 6) is -0.0833. The largest absolute Gasteiger partial charge is 0.281 e. The van der Waals surface area contributed by atoms with Crippen LogP contribution in [0.1, 0.15) is 25.3 Å². The predicted molar refractivity (Wildman–Crippen MR) is 69.7 cm³/mol. The number of anilines is 1. The Balaban J connectivity index is 2.03. The molecule has 1 aromatic rings. The van der Waals surface area contributed by atoms with Crippen molar-refractivity contribution in [3.63, 3.8) is 0 Å². The second kappa shape index (κ2) is 5.04. The first-order valence-electron chi connectivity index (χ1n) is 6.06. The van der Waals surface area contributed by atoms with Gasteiger partial charge in [0.1, 0.15) is 0 Å². The van der Waals surface area contributed by atoms with Gasteiger partial charge in [-0.1, -0.05) is 32.1 Å². The SMILES string of the molecule is C=C1CN(c2ccc(CCCC)cc2)NC1=O. The third-order valence-corrected chi connectivity index (χ3v) is 2.97. The highest BCUT2D eigenvalue weighted by Crippen LogP contribution is 2.18. The summed E-state index contributed by atoms with van der Waals surface area (Å²) in [6.45, 7) is 6.47. The van der Waals surface area contributed by atoms with Gasteiger partial charge in [0.05, 0.1) is 12.2 Å². The normalized spacial score (nSPS) is 15.2. The molecule has 1 fully saturated rings. The lowest BCUT2D eigenvalue weighted by molar-refractivity contribution is -0.116. The zero-order valence-electron chi connectivity index (χ0n) is 10.2. The third kappa shape index (κ3) is 2.67. The van der Waals surface area contributed by atoms with E-state index in [0.29, 0.717) is 12.1 Å². The highest BCUT2D eigenvalue weighted by atomic mass is 16.2. The van der Waals surface area contributed by atoms with Gasteiger partial charge in [-0.2, -0.15) is 0 Å². The Bertz CT molecular complexity index is 406. The number of benzene rings is 1. The molecule has 1 N–H and O–H groups in total. The van der Waals surface area contributed by atoms with Crippen molar-refractivity contribution >= 4 is 11.6 Å². The molecule has 0 atom stereocenters. The van der Waals surface area contributed by atoms with Gasteiger partial charge >= 0.3 is 0 Å². The molecule has 17 heavy (non-hydrogen) atoms. The minimum absolute atomic E-state index is 0.0833. The Morgan fingerprint density at radius 2 is 2.06 bits per heavy atom. The summed E-state index contributed by atoms with van der Waals surface area (Å²) in [7, 11) is 0. The molecule has 1 amide bonds. The number of carbonyl (C=O) groups is 1. The Morgan fingerprint density at radius 1 is 1.35 bits per heavy atom. The highest BCUT2D eigenvalue weighted by molar-refractivity contribution is 5.97. The zero-order chi connectivity index (χ0) is 12.3. The molecule has 1 aromatic carbocycles. The standard InChI is InChI=1S/C14H18N2O/c1-3-4-5-12-6-8-13(9-7-12)16-10-11(2)14(17)15-16/h6-9H,2-5,10H2,1H3,(H,15,17). The van der Waals surface area contributed by atoms with Crippen LogP contribution in [0.4, 0.5) is 5.69 Å². The Morgan fingerprint density at radius 3 is 2.59 bits per heavy atom. The number of nitrogens with zero attached hydrogens (tertiary/aromatic N) is 1. The fraction of sp³-hybridized carbons (Fsp3) is 0.357. The van der Waals surface area contributed by atoms with Gasteiger partial charge in [0.2, 0.25) is 0 Å². The molecule has 3 heteroatoms. The lowest BCUT2D eigenvalue weighted by Crippen LogP contribution is -2.32. The van der Waals surface area contributed by atoms with Crippen LogP contribution in [0.15, 0.2) is 36.4 Å². The molecule has 0 spiro atoms. The zero-order valence-corrected chi connectivity index (χ0v) is 10.2. The number of rotatable bonds is 4. The number of aryl methyl sites for hydroxylation is 1. The van der Waals surface area contributed by atoms with Crippen molar-refractivity contribution in [2.45, 2.75) is 26.2 Å². The van der Waals surface area contributed by atoms with Gasteiger partial charge in [-0.25, -0.2) is 0 Å². The topological polar surface area (TPSA) is 32.3 Å². The Kier molecular flexibility index (Phi) is 3.47. The monoisotopic (exact) mass is 230 g/mol. The van der Waals surface area contributed by atoms with E-state index in [1.54, 1.807) is 0 Å². The molecule has 0 bridgehead atoms. The molecule has 1 aliphatic rings. The summed E-state index contributed by atoms with van der Waals surface area (Å²) < 4.78 is 0. The summed E-state index contributed by atoms with van der Waals surface area (Å²) in [4.78, 5) is 11.3. The summed E-state index contributed by atoms with van der Waals surface area (Å²) in [5, 5.41) is 1.83. The van der Waals surface area contributed by atoms with E-state index in [1.807, 2.05) is 17.1 Å². The van der Waals surface area contributed by atoms with Crippen LogP contribution in [-0.2, 0) is 11.2 Å². The summed E-state index contributed by atoms with van der Waals surface area (Å²) >= 11 is 0. The highest BCUT2D eigenvalue weighted by Gasteiger charge is 2.22. The minimum Gasteiger partial charge on any atom is -0.281 e. The molecule has 0 radical (unpaired) electrons. The van der Waals surface area contributed by atoms with Gasteiger partial charge in [0, 0.05) is 5.57 Å². The molecule has 0 aliphatic carbocycles. The fourth-order valence-corrected chi connectivity index (χ4v) is 1.88. The van der Waals surface area contributed by atoms with Crippen molar-refractivity contribution in [3.8, 4) is 0 Å². The average Bonchev–Trinajstić information content (AvgIpc) is 2.68. The summed E-state index contributed by atoms with van der Waals surface area (Å²) in [6.07, 6.45) is 3.55. The molecule has 2 rings (SSSR count). The molecule has 3 nitrogen and oxygen atoms in total. The van der Waals surface area contributed by atoms with Crippen molar-refractivity contribution in [2.24, 2.45) is 0 Å². The lowest BCUT2D eigenvalue weighted by Gasteiger charge is -2.17. The van der Waals surface area contributed by atoms with Crippen LogP contribution in [-0.4, -0.2) is 12.5 Å². The molecule has 0 unspecified atom stereocenters.